The number of ether oxygens (including phenoxy) is 1. The van der Waals surface area contributed by atoms with E-state index < -0.39 is 0 Å². The van der Waals surface area contributed by atoms with Crippen LogP contribution in [-0.2, 0) is 13.0 Å². The molecule has 3 N–H and O–H groups in total. The molecule has 108 valence electrons. The van der Waals surface area contributed by atoms with Gasteiger partial charge in [0.2, 0.25) is 12.5 Å². The van der Waals surface area contributed by atoms with Gasteiger partial charge in [-0.25, -0.2) is 11.6 Å². The number of aromatic amines is 1. The molecule has 0 fully saturated rings. The van der Waals surface area contributed by atoms with Gasteiger partial charge in [-0.2, -0.15) is 0 Å². The number of benzene rings is 1. The molecule has 6 nitrogen and oxygen atoms in total. The minimum absolute atomic E-state index is 0.106. The zero-order valence-electron chi connectivity index (χ0n) is 11.9. The molecular weight excluding hydrogens is 268 g/mol. The summed E-state index contributed by atoms with van der Waals surface area (Å²) in [6.45, 7) is 8.98. The maximum absolute atomic E-state index is 12.0. The number of nitrogens with one attached hydrogen (secondary N) is 1. The van der Waals surface area contributed by atoms with Crippen molar-refractivity contribution in [3.63, 3.8) is 0 Å². The van der Waals surface area contributed by atoms with Crippen LogP contribution in [-0.4, -0.2) is 17.1 Å². The van der Waals surface area contributed by atoms with Crippen LogP contribution in [0.2, 0.25) is 0 Å². The van der Waals surface area contributed by atoms with Crippen molar-refractivity contribution in [3.8, 4) is 5.75 Å². The molecule has 6 heteroatoms. The van der Waals surface area contributed by atoms with Gasteiger partial charge in [0.15, 0.2) is 0 Å². The smallest absolute Gasteiger partial charge is 0.256 e. The van der Waals surface area contributed by atoms with E-state index in [2.05, 4.69) is 14.8 Å². The van der Waals surface area contributed by atoms with E-state index in [1.54, 1.807) is 14.0 Å². The van der Waals surface area contributed by atoms with Crippen LogP contribution in [0.5, 0.6) is 5.75 Å². The molecule has 0 bridgehead atoms. The van der Waals surface area contributed by atoms with Crippen LogP contribution in [0.3, 0.4) is 0 Å². The number of rotatable bonds is 4. The van der Waals surface area contributed by atoms with Gasteiger partial charge in [0, 0.05) is 17.5 Å². The lowest BCUT2D eigenvalue weighted by Crippen LogP contribution is -2.19. The Morgan fingerprint density at radius 2 is 2.24 bits per heavy atom. The number of hydrogen-bond acceptors (Lipinski definition) is 4. The Labute approximate surface area is 122 Å². The second-order valence-corrected chi connectivity index (χ2v) is 4.65. The first kappa shape index (κ1) is 14.6. The first-order valence-corrected chi connectivity index (χ1v) is 6.39. The molecule has 0 atom stereocenters. The van der Waals surface area contributed by atoms with Crippen molar-refractivity contribution < 1.29 is 4.74 Å². The third-order valence-corrected chi connectivity index (χ3v) is 3.21. The van der Waals surface area contributed by atoms with Crippen LogP contribution < -0.4 is 16.0 Å². The van der Waals surface area contributed by atoms with Crippen molar-refractivity contribution >= 4 is 5.95 Å². The van der Waals surface area contributed by atoms with E-state index in [9.17, 15) is 4.79 Å². The quantitative estimate of drug-likeness (QED) is 0.836. The molecule has 0 amide bonds. The lowest BCUT2D eigenvalue weighted by atomic mass is 10.0. The summed E-state index contributed by atoms with van der Waals surface area (Å²) in [5, 5.41) is 0. The highest BCUT2D eigenvalue weighted by Crippen LogP contribution is 2.23. The largest absolute Gasteiger partial charge is 0.496 e. The van der Waals surface area contributed by atoms with Crippen LogP contribution in [0.1, 0.15) is 22.4 Å². The van der Waals surface area contributed by atoms with Crippen molar-refractivity contribution in [3.05, 3.63) is 62.4 Å². The Balaban J connectivity index is 2.46. The van der Waals surface area contributed by atoms with Gasteiger partial charge >= 0.3 is 0 Å². The molecule has 2 aromatic rings. The molecule has 1 heterocycles. The molecule has 1 aromatic carbocycles. The number of aryl methyl sites for hydroxylation is 1. The summed E-state index contributed by atoms with van der Waals surface area (Å²) in [6.07, 6.45) is 0.378. The first-order valence-electron chi connectivity index (χ1n) is 6.39. The molecule has 0 radical (unpaired) electrons. The molecule has 0 aliphatic rings. The highest BCUT2D eigenvalue weighted by molar-refractivity contribution is 5.41. The second kappa shape index (κ2) is 6.09. The number of nitrogens with two attached hydrogens (primary N) is 1. The summed E-state index contributed by atoms with van der Waals surface area (Å²) in [4.78, 5) is 22.0. The number of anilines is 1. The second-order valence-electron chi connectivity index (χ2n) is 4.65. The van der Waals surface area contributed by atoms with Gasteiger partial charge in [0.25, 0.3) is 5.56 Å². The molecule has 0 saturated heterocycles. The lowest BCUT2D eigenvalue weighted by Gasteiger charge is -2.10. The fourth-order valence-electron chi connectivity index (χ4n) is 2.19. The first-order chi connectivity index (χ1) is 10.0. The summed E-state index contributed by atoms with van der Waals surface area (Å²) >= 11 is 0. The van der Waals surface area contributed by atoms with Gasteiger partial charge in [0.1, 0.15) is 5.75 Å². The van der Waals surface area contributed by atoms with E-state index in [0.29, 0.717) is 30.0 Å². The molecule has 21 heavy (non-hydrogen) atoms. The number of methoxy groups -OCH3 is 1. The van der Waals surface area contributed by atoms with Crippen LogP contribution in [0, 0.1) is 13.5 Å². The summed E-state index contributed by atoms with van der Waals surface area (Å²) < 4.78 is 5.32. The molecule has 0 aliphatic heterocycles. The monoisotopic (exact) mass is 284 g/mol. The number of aromatic nitrogens is 2. The maximum Gasteiger partial charge on any atom is 0.256 e. The highest BCUT2D eigenvalue weighted by Gasteiger charge is 2.12. The fourth-order valence-corrected chi connectivity index (χ4v) is 2.19. The summed E-state index contributed by atoms with van der Waals surface area (Å²) in [5.74, 6) is 0.786. The van der Waals surface area contributed by atoms with Crippen molar-refractivity contribution in [2.75, 3.05) is 12.8 Å². The van der Waals surface area contributed by atoms with Gasteiger partial charge < -0.3 is 15.3 Å². The molecule has 0 saturated carbocycles. The third kappa shape index (κ3) is 3.20. The Kier molecular flexibility index (Phi) is 4.24. The summed E-state index contributed by atoms with van der Waals surface area (Å²) in [6, 6.07) is 5.54. The summed E-state index contributed by atoms with van der Waals surface area (Å²) in [7, 11) is 1.58. The average molecular weight is 284 g/mol. The van der Waals surface area contributed by atoms with Gasteiger partial charge in [-0.1, -0.05) is 0 Å². The van der Waals surface area contributed by atoms with Crippen molar-refractivity contribution in [2.45, 2.75) is 19.9 Å². The zero-order valence-corrected chi connectivity index (χ0v) is 11.9. The van der Waals surface area contributed by atoms with E-state index >= 15 is 0 Å². The van der Waals surface area contributed by atoms with E-state index in [1.165, 1.54) is 0 Å². The predicted octanol–water partition coefficient (Wildman–Crippen LogP) is 1.68. The molecule has 0 unspecified atom stereocenters. The van der Waals surface area contributed by atoms with Crippen LogP contribution in [0.4, 0.5) is 5.95 Å². The van der Waals surface area contributed by atoms with Crippen LogP contribution in [0.15, 0.2) is 23.0 Å². The van der Waals surface area contributed by atoms with E-state index in [4.69, 9.17) is 17.0 Å². The number of hydrogen-bond donors (Lipinski definition) is 2. The Hall–Kier alpha value is -2.81. The van der Waals surface area contributed by atoms with E-state index in [-0.39, 0.29) is 11.5 Å². The van der Waals surface area contributed by atoms with Gasteiger partial charge in [0.05, 0.1) is 12.8 Å². The Bertz CT molecular complexity index is 759. The lowest BCUT2D eigenvalue weighted by molar-refractivity contribution is 0.410. The van der Waals surface area contributed by atoms with Crippen molar-refractivity contribution in [1.29, 1.82) is 0 Å². The normalized spacial score (nSPS) is 10.1. The Morgan fingerprint density at radius 3 is 2.86 bits per heavy atom. The third-order valence-electron chi connectivity index (χ3n) is 3.21. The molecule has 0 aliphatic carbocycles. The average Bonchev–Trinajstić information content (AvgIpc) is 2.43. The van der Waals surface area contributed by atoms with E-state index in [1.807, 2.05) is 18.2 Å². The van der Waals surface area contributed by atoms with Crippen molar-refractivity contribution in [2.24, 2.45) is 0 Å². The van der Waals surface area contributed by atoms with Crippen LogP contribution in [0.25, 0.3) is 4.85 Å². The molecule has 2 rings (SSSR count). The minimum atomic E-state index is -0.252. The predicted molar refractivity (Wildman–Crippen MR) is 80.1 cm³/mol. The topological polar surface area (TPSA) is 85.4 Å². The molecule has 0 spiro atoms. The minimum Gasteiger partial charge on any atom is -0.496 e. The van der Waals surface area contributed by atoms with E-state index in [0.717, 1.165) is 11.1 Å². The number of H-pyrrole nitrogens is 1. The zero-order chi connectivity index (χ0) is 15.4. The highest BCUT2D eigenvalue weighted by atomic mass is 16.5. The van der Waals surface area contributed by atoms with Crippen LogP contribution >= 0.6 is 0 Å². The maximum atomic E-state index is 12.0. The van der Waals surface area contributed by atoms with Gasteiger partial charge in [-0.15, -0.1) is 0 Å². The molecule has 1 aromatic heterocycles. The van der Waals surface area contributed by atoms with Crippen molar-refractivity contribution in [1.82, 2.24) is 9.97 Å². The fraction of sp³-hybridized carbons (Fsp3) is 0.267. The Morgan fingerprint density at radius 1 is 1.48 bits per heavy atom. The van der Waals surface area contributed by atoms with Gasteiger partial charge in [-0.3, -0.25) is 9.78 Å². The summed E-state index contributed by atoms with van der Waals surface area (Å²) in [5.41, 5.74) is 8.13. The molecular formula is C15H16N4O2. The van der Waals surface area contributed by atoms with Gasteiger partial charge in [-0.05, 0) is 30.7 Å². The number of nitrogen functional groups attached to an aromatic ring is 1. The SMILES string of the molecule is [C-]#[N+]Cc1ccc(OC)c(Cc2c(C)nc(N)[nH]c2=O)c1. The number of nitrogens with zero attached hydrogens (tertiary/aromatic N) is 2. The standard InChI is InChI=1S/C15H16N4O2/c1-9-12(14(20)19-15(16)18-9)7-11-6-10(8-17-2)4-5-13(11)21-3/h4-6H,7-8H2,1,3H3,(H3,16,18,19,20).